The van der Waals surface area contributed by atoms with Crippen LogP contribution in [-0.4, -0.2) is 18.2 Å². The number of anilines is 1. The van der Waals surface area contributed by atoms with E-state index in [1.165, 1.54) is 0 Å². The third-order valence-corrected chi connectivity index (χ3v) is 4.64. The fraction of sp³-hybridized carbons (Fsp3) is 0.105. The Balaban J connectivity index is 1.74. The molecule has 25 heavy (non-hydrogen) atoms. The van der Waals surface area contributed by atoms with Crippen LogP contribution in [0.3, 0.4) is 0 Å². The van der Waals surface area contributed by atoms with E-state index in [-0.39, 0.29) is 0 Å². The first-order valence-corrected chi connectivity index (χ1v) is 9.37. The predicted octanol–water partition coefficient (Wildman–Crippen LogP) is 3.90. The molecule has 0 bridgehead atoms. The minimum Gasteiger partial charge on any atom is -0.280 e. The van der Waals surface area contributed by atoms with Crippen LogP contribution >= 0.6 is 0 Å². The maximum absolute atomic E-state index is 12.2. The molecule has 5 nitrogen and oxygen atoms in total. The van der Waals surface area contributed by atoms with E-state index >= 15 is 0 Å². The summed E-state index contributed by atoms with van der Waals surface area (Å²) in [6.07, 6.45) is 1.56. The molecule has 128 valence electrons. The van der Waals surface area contributed by atoms with Crippen molar-refractivity contribution in [1.82, 2.24) is 9.78 Å². The largest absolute Gasteiger partial charge is 0.280 e. The van der Waals surface area contributed by atoms with E-state index in [9.17, 15) is 8.42 Å². The van der Waals surface area contributed by atoms with E-state index in [0.717, 1.165) is 28.0 Å². The molecule has 0 atom stereocenters. The molecule has 2 aromatic carbocycles. The lowest BCUT2D eigenvalue weighted by Gasteiger charge is -2.07. The maximum atomic E-state index is 12.2. The van der Waals surface area contributed by atoms with Gasteiger partial charge in [-0.3, -0.25) is 4.72 Å². The summed E-state index contributed by atoms with van der Waals surface area (Å²) in [4.78, 5) is 0. The van der Waals surface area contributed by atoms with Crippen molar-refractivity contribution in [3.05, 3.63) is 83.0 Å². The van der Waals surface area contributed by atoms with Crippen molar-refractivity contribution < 1.29 is 8.42 Å². The Bertz CT molecular complexity index is 989. The van der Waals surface area contributed by atoms with Crippen LogP contribution in [0.4, 0.5) is 5.69 Å². The molecule has 0 saturated carbocycles. The number of aryl methyl sites for hydroxylation is 2. The Morgan fingerprint density at radius 1 is 1.00 bits per heavy atom. The Morgan fingerprint density at radius 3 is 2.28 bits per heavy atom. The second kappa shape index (κ2) is 6.94. The van der Waals surface area contributed by atoms with Crippen molar-refractivity contribution in [2.24, 2.45) is 0 Å². The molecule has 1 N–H and O–H groups in total. The SMILES string of the molecule is Cc1cc(C)n(-c2ccc(NS(=O)(=O)/C=C/c3ccccc3)cc2)n1. The molecule has 0 amide bonds. The van der Waals surface area contributed by atoms with Crippen molar-refractivity contribution >= 4 is 21.8 Å². The van der Waals surface area contributed by atoms with E-state index in [1.807, 2.05) is 67.1 Å². The average molecular weight is 353 g/mol. The fourth-order valence-electron chi connectivity index (χ4n) is 2.49. The van der Waals surface area contributed by atoms with Crippen molar-refractivity contribution in [2.45, 2.75) is 13.8 Å². The van der Waals surface area contributed by atoms with Crippen molar-refractivity contribution in [3.63, 3.8) is 0 Å². The monoisotopic (exact) mass is 353 g/mol. The van der Waals surface area contributed by atoms with Crippen LogP contribution in [0.1, 0.15) is 17.0 Å². The molecule has 1 heterocycles. The summed E-state index contributed by atoms with van der Waals surface area (Å²) in [5.41, 5.74) is 4.18. The molecule has 0 fully saturated rings. The van der Waals surface area contributed by atoms with Gasteiger partial charge in [0.05, 0.1) is 16.8 Å². The Hall–Kier alpha value is -2.86. The molecule has 0 radical (unpaired) electrons. The summed E-state index contributed by atoms with van der Waals surface area (Å²) in [5, 5.41) is 5.58. The molecule has 3 aromatic rings. The fourth-order valence-corrected chi connectivity index (χ4v) is 3.36. The number of aromatic nitrogens is 2. The number of nitrogens with one attached hydrogen (secondary N) is 1. The van der Waals surface area contributed by atoms with Gasteiger partial charge in [-0.1, -0.05) is 30.3 Å². The molecular formula is C19H19N3O2S. The van der Waals surface area contributed by atoms with Gasteiger partial charge in [-0.2, -0.15) is 5.10 Å². The second-order valence-electron chi connectivity index (χ2n) is 5.75. The van der Waals surface area contributed by atoms with Gasteiger partial charge < -0.3 is 0 Å². The Morgan fingerprint density at radius 2 is 1.68 bits per heavy atom. The Labute approximate surface area is 147 Å². The third kappa shape index (κ3) is 4.36. The lowest BCUT2D eigenvalue weighted by Crippen LogP contribution is -2.09. The highest BCUT2D eigenvalue weighted by Gasteiger charge is 2.07. The maximum Gasteiger partial charge on any atom is 0.255 e. The van der Waals surface area contributed by atoms with E-state index in [2.05, 4.69) is 9.82 Å². The molecule has 0 saturated heterocycles. The van der Waals surface area contributed by atoms with Gasteiger partial charge in [-0.15, -0.1) is 0 Å². The number of rotatable bonds is 5. The summed E-state index contributed by atoms with van der Waals surface area (Å²) in [5.74, 6) is 0. The molecule has 6 heteroatoms. The van der Waals surface area contributed by atoms with Crippen LogP contribution in [0.15, 0.2) is 66.1 Å². The molecule has 0 spiro atoms. The first-order chi connectivity index (χ1) is 11.9. The number of benzene rings is 2. The van der Waals surface area contributed by atoms with Gasteiger partial charge in [-0.05, 0) is 55.8 Å². The van der Waals surface area contributed by atoms with Crippen molar-refractivity contribution in [1.29, 1.82) is 0 Å². The topological polar surface area (TPSA) is 64.0 Å². The van der Waals surface area contributed by atoms with E-state index in [4.69, 9.17) is 0 Å². The predicted molar refractivity (Wildman–Crippen MR) is 101 cm³/mol. The molecule has 1 aromatic heterocycles. The highest BCUT2D eigenvalue weighted by Crippen LogP contribution is 2.17. The molecule has 0 aliphatic carbocycles. The van der Waals surface area contributed by atoms with Gasteiger partial charge in [0.15, 0.2) is 0 Å². The van der Waals surface area contributed by atoms with E-state index in [1.54, 1.807) is 18.2 Å². The van der Waals surface area contributed by atoms with Gasteiger partial charge in [0.2, 0.25) is 0 Å². The third-order valence-electron chi connectivity index (χ3n) is 3.62. The van der Waals surface area contributed by atoms with Crippen LogP contribution in [0.2, 0.25) is 0 Å². The molecule has 0 aliphatic rings. The van der Waals surface area contributed by atoms with Crippen LogP contribution < -0.4 is 4.72 Å². The van der Waals surface area contributed by atoms with Crippen molar-refractivity contribution in [3.8, 4) is 5.69 Å². The summed E-state index contributed by atoms with van der Waals surface area (Å²) < 4.78 is 28.7. The molecule has 0 aliphatic heterocycles. The normalized spacial score (nSPS) is 11.8. The Kier molecular flexibility index (Phi) is 4.72. The zero-order valence-corrected chi connectivity index (χ0v) is 14.9. The minimum atomic E-state index is -3.57. The van der Waals surface area contributed by atoms with Gasteiger partial charge in [0.25, 0.3) is 10.0 Å². The highest BCUT2D eigenvalue weighted by molar-refractivity contribution is 7.95. The van der Waals surface area contributed by atoms with Crippen LogP contribution in [-0.2, 0) is 10.0 Å². The summed E-state index contributed by atoms with van der Waals surface area (Å²) in [6.45, 7) is 3.91. The number of hydrogen-bond acceptors (Lipinski definition) is 3. The standard InChI is InChI=1S/C19H19N3O2S/c1-15-14-16(2)22(20-15)19-10-8-18(9-11-19)21-25(23,24)13-12-17-6-4-3-5-7-17/h3-14,21H,1-2H3/b13-12+. The van der Waals surface area contributed by atoms with Gasteiger partial charge in [0, 0.05) is 11.4 Å². The van der Waals surface area contributed by atoms with Crippen molar-refractivity contribution in [2.75, 3.05) is 4.72 Å². The number of sulfonamides is 1. The molecule has 3 rings (SSSR count). The van der Waals surface area contributed by atoms with Crippen LogP contribution in [0.5, 0.6) is 0 Å². The number of nitrogens with zero attached hydrogens (tertiary/aromatic N) is 2. The zero-order valence-electron chi connectivity index (χ0n) is 14.0. The highest BCUT2D eigenvalue weighted by atomic mass is 32.2. The lowest BCUT2D eigenvalue weighted by molar-refractivity contribution is 0.609. The first-order valence-electron chi connectivity index (χ1n) is 7.83. The summed E-state index contributed by atoms with van der Waals surface area (Å²) in [7, 11) is -3.57. The second-order valence-corrected chi connectivity index (χ2v) is 7.31. The smallest absolute Gasteiger partial charge is 0.255 e. The quantitative estimate of drug-likeness (QED) is 0.756. The van der Waals surface area contributed by atoms with E-state index in [0.29, 0.717) is 5.69 Å². The van der Waals surface area contributed by atoms with Crippen LogP contribution in [0.25, 0.3) is 11.8 Å². The summed E-state index contributed by atoms with van der Waals surface area (Å²) in [6, 6.07) is 18.4. The van der Waals surface area contributed by atoms with Gasteiger partial charge in [0.1, 0.15) is 0 Å². The minimum absolute atomic E-state index is 0.503. The summed E-state index contributed by atoms with van der Waals surface area (Å²) >= 11 is 0. The zero-order chi connectivity index (χ0) is 17.9. The molecular weight excluding hydrogens is 334 g/mol. The number of hydrogen-bond donors (Lipinski definition) is 1. The van der Waals surface area contributed by atoms with Gasteiger partial charge >= 0.3 is 0 Å². The average Bonchev–Trinajstić information content (AvgIpc) is 2.93. The lowest BCUT2D eigenvalue weighted by atomic mass is 10.2. The van der Waals surface area contributed by atoms with Crippen LogP contribution in [0, 0.1) is 13.8 Å². The molecule has 0 unspecified atom stereocenters. The van der Waals surface area contributed by atoms with E-state index < -0.39 is 10.0 Å². The first kappa shape index (κ1) is 17.0. The van der Waals surface area contributed by atoms with Gasteiger partial charge in [-0.25, -0.2) is 13.1 Å².